The second-order valence-corrected chi connectivity index (χ2v) is 7.16. The van der Waals surface area contributed by atoms with E-state index in [9.17, 15) is 9.59 Å². The largest absolute Gasteiger partial charge is 0.493 e. The van der Waals surface area contributed by atoms with E-state index in [1.807, 2.05) is 6.07 Å². The Morgan fingerprint density at radius 1 is 0.844 bits per heavy atom. The number of amides is 1. The molecule has 0 spiro atoms. The van der Waals surface area contributed by atoms with Crippen molar-refractivity contribution in [3.63, 3.8) is 0 Å². The lowest BCUT2D eigenvalue weighted by atomic mass is 10.1. The van der Waals surface area contributed by atoms with Gasteiger partial charge >= 0.3 is 5.97 Å². The van der Waals surface area contributed by atoms with Gasteiger partial charge in [-0.1, -0.05) is 0 Å². The Balaban J connectivity index is 1.90. The highest BCUT2D eigenvalue weighted by atomic mass is 32.1. The predicted molar refractivity (Wildman–Crippen MR) is 119 cm³/mol. The molecule has 2 aromatic carbocycles. The quantitative estimate of drug-likeness (QED) is 0.507. The van der Waals surface area contributed by atoms with Crippen LogP contribution in [-0.4, -0.2) is 52.4 Å². The summed E-state index contributed by atoms with van der Waals surface area (Å²) < 4.78 is 25.9. The molecule has 0 radical (unpaired) electrons. The van der Waals surface area contributed by atoms with Crippen molar-refractivity contribution in [2.24, 2.45) is 0 Å². The molecule has 10 heteroatoms. The van der Waals surface area contributed by atoms with Crippen LogP contribution in [0.1, 0.15) is 20.8 Å². The van der Waals surface area contributed by atoms with Crippen molar-refractivity contribution in [3.8, 4) is 33.6 Å². The molecule has 1 amide bonds. The predicted octanol–water partition coefficient (Wildman–Crippen LogP) is 3.88. The summed E-state index contributed by atoms with van der Waals surface area (Å²) in [7, 11) is 7.25. The summed E-state index contributed by atoms with van der Waals surface area (Å²) in [5, 5.41) is 4.94. The number of carbonyl (C=O) groups excluding carboxylic acids is 2. The number of hydrogen-bond donors (Lipinski definition) is 1. The molecule has 0 aliphatic carbocycles. The molecular formula is C22H22N2O7S. The van der Waals surface area contributed by atoms with Gasteiger partial charge in [-0.25, -0.2) is 9.78 Å². The third kappa shape index (κ3) is 4.59. The minimum Gasteiger partial charge on any atom is -0.493 e. The number of nitrogens with one attached hydrogen (secondary N) is 1. The maximum atomic E-state index is 12.9. The molecule has 0 bridgehead atoms. The third-order valence-corrected chi connectivity index (χ3v) is 5.44. The van der Waals surface area contributed by atoms with Crippen molar-refractivity contribution >= 4 is 28.9 Å². The fraction of sp³-hybridized carbons (Fsp3) is 0.227. The van der Waals surface area contributed by atoms with Gasteiger partial charge in [-0.05, 0) is 18.2 Å². The number of nitrogens with zero attached hydrogens (tertiary/aromatic N) is 1. The van der Waals surface area contributed by atoms with Gasteiger partial charge in [-0.15, -0.1) is 11.3 Å². The van der Waals surface area contributed by atoms with Gasteiger partial charge < -0.3 is 29.0 Å². The monoisotopic (exact) mass is 458 g/mol. The van der Waals surface area contributed by atoms with E-state index in [0.29, 0.717) is 28.0 Å². The average Bonchev–Trinajstić information content (AvgIpc) is 3.33. The van der Waals surface area contributed by atoms with Crippen LogP contribution in [0.4, 0.5) is 5.69 Å². The number of rotatable bonds is 8. The van der Waals surface area contributed by atoms with E-state index >= 15 is 0 Å². The lowest BCUT2D eigenvalue weighted by Gasteiger charge is -2.14. The second-order valence-electron chi connectivity index (χ2n) is 6.31. The first-order valence-corrected chi connectivity index (χ1v) is 10.2. The van der Waals surface area contributed by atoms with Crippen molar-refractivity contribution in [2.75, 3.05) is 40.9 Å². The van der Waals surface area contributed by atoms with Crippen LogP contribution in [0.2, 0.25) is 0 Å². The number of carbonyl (C=O) groups is 2. The normalized spacial score (nSPS) is 10.3. The molecule has 0 aliphatic rings. The molecular weight excluding hydrogens is 436 g/mol. The van der Waals surface area contributed by atoms with Crippen LogP contribution in [0.25, 0.3) is 10.6 Å². The summed E-state index contributed by atoms with van der Waals surface area (Å²) in [6.07, 6.45) is 0. The molecule has 9 nitrogen and oxygen atoms in total. The van der Waals surface area contributed by atoms with Crippen LogP contribution in [0, 0.1) is 0 Å². The Hall–Kier alpha value is -3.79. The molecule has 0 saturated carbocycles. The van der Waals surface area contributed by atoms with E-state index in [1.54, 1.807) is 31.7 Å². The average molecular weight is 458 g/mol. The lowest BCUT2D eigenvalue weighted by Crippen LogP contribution is -2.16. The molecule has 168 valence electrons. The van der Waals surface area contributed by atoms with Crippen LogP contribution in [0.3, 0.4) is 0 Å². The second kappa shape index (κ2) is 10.0. The first-order valence-electron chi connectivity index (χ1n) is 9.29. The van der Waals surface area contributed by atoms with E-state index in [-0.39, 0.29) is 16.9 Å². The number of hydrogen-bond acceptors (Lipinski definition) is 9. The maximum absolute atomic E-state index is 12.9. The van der Waals surface area contributed by atoms with Crippen LogP contribution in [0.15, 0.2) is 35.7 Å². The van der Waals surface area contributed by atoms with Gasteiger partial charge in [0.05, 0.1) is 46.8 Å². The summed E-state index contributed by atoms with van der Waals surface area (Å²) in [4.78, 5) is 29.5. The van der Waals surface area contributed by atoms with Crippen LogP contribution >= 0.6 is 11.3 Å². The number of anilines is 1. The van der Waals surface area contributed by atoms with Crippen molar-refractivity contribution < 1.29 is 33.3 Å². The van der Waals surface area contributed by atoms with Gasteiger partial charge in [-0.3, -0.25) is 4.79 Å². The van der Waals surface area contributed by atoms with Crippen molar-refractivity contribution in [1.29, 1.82) is 0 Å². The van der Waals surface area contributed by atoms with Crippen molar-refractivity contribution in [3.05, 3.63) is 47.0 Å². The number of methoxy groups -OCH3 is 5. The zero-order valence-corrected chi connectivity index (χ0v) is 19.0. The highest BCUT2D eigenvalue weighted by molar-refractivity contribution is 7.13. The molecule has 32 heavy (non-hydrogen) atoms. The summed E-state index contributed by atoms with van der Waals surface area (Å²) in [5.41, 5.74) is 1.28. The molecule has 0 fully saturated rings. The Morgan fingerprint density at radius 2 is 1.47 bits per heavy atom. The summed E-state index contributed by atoms with van der Waals surface area (Å²) >= 11 is 1.30. The minimum atomic E-state index is -0.634. The number of aromatic nitrogens is 1. The number of esters is 1. The van der Waals surface area contributed by atoms with Gasteiger partial charge in [0.25, 0.3) is 5.91 Å². The first-order chi connectivity index (χ1) is 15.4. The van der Waals surface area contributed by atoms with E-state index in [4.69, 9.17) is 23.7 Å². The van der Waals surface area contributed by atoms with E-state index in [0.717, 1.165) is 5.56 Å². The van der Waals surface area contributed by atoms with Crippen molar-refractivity contribution in [2.45, 2.75) is 0 Å². The van der Waals surface area contributed by atoms with Crippen LogP contribution in [-0.2, 0) is 4.74 Å². The fourth-order valence-electron chi connectivity index (χ4n) is 2.93. The smallest absolute Gasteiger partial charge is 0.340 e. The molecule has 0 saturated heterocycles. The van der Waals surface area contributed by atoms with E-state index in [1.165, 1.54) is 44.8 Å². The molecule has 3 aromatic rings. The van der Waals surface area contributed by atoms with E-state index in [2.05, 4.69) is 10.3 Å². The Kier molecular flexibility index (Phi) is 7.16. The summed E-state index contributed by atoms with van der Waals surface area (Å²) in [5.74, 6) is 0.694. The Morgan fingerprint density at radius 3 is 2.09 bits per heavy atom. The zero-order valence-electron chi connectivity index (χ0n) is 18.2. The molecule has 1 aromatic heterocycles. The highest BCUT2D eigenvalue weighted by Crippen LogP contribution is 2.35. The molecule has 3 rings (SSSR count). The standard InChI is InChI=1S/C22H22N2O7S/c1-27-16-7-6-12(8-17(16)28-2)21-24-15(11-32-21)20(25)23-14-10-19(30-4)18(29-3)9-13(14)22(26)31-5/h6-11H,1-5H3,(H,23,25). The van der Waals surface area contributed by atoms with Gasteiger partial charge in [0.1, 0.15) is 10.7 Å². The lowest BCUT2D eigenvalue weighted by molar-refractivity contribution is 0.0601. The summed E-state index contributed by atoms with van der Waals surface area (Å²) in [6, 6.07) is 8.30. The first kappa shape index (κ1) is 22.9. The number of ether oxygens (including phenoxy) is 5. The highest BCUT2D eigenvalue weighted by Gasteiger charge is 2.21. The van der Waals surface area contributed by atoms with Gasteiger partial charge in [0.2, 0.25) is 0 Å². The summed E-state index contributed by atoms with van der Waals surface area (Å²) in [6.45, 7) is 0. The molecule has 0 atom stereocenters. The van der Waals surface area contributed by atoms with Crippen molar-refractivity contribution in [1.82, 2.24) is 4.98 Å². The third-order valence-electron chi connectivity index (χ3n) is 4.54. The fourth-order valence-corrected chi connectivity index (χ4v) is 3.72. The van der Waals surface area contributed by atoms with Gasteiger partial charge in [-0.2, -0.15) is 0 Å². The topological polar surface area (TPSA) is 105 Å². The molecule has 0 aliphatic heterocycles. The van der Waals surface area contributed by atoms with Gasteiger partial charge in [0, 0.05) is 23.1 Å². The Labute approximate surface area is 188 Å². The minimum absolute atomic E-state index is 0.119. The van der Waals surface area contributed by atoms with Crippen LogP contribution in [0.5, 0.6) is 23.0 Å². The molecule has 0 unspecified atom stereocenters. The van der Waals surface area contributed by atoms with E-state index < -0.39 is 11.9 Å². The number of benzene rings is 2. The molecule has 1 heterocycles. The molecule has 1 N–H and O–H groups in total. The number of thiazole rings is 1. The Bertz CT molecular complexity index is 1140. The zero-order chi connectivity index (χ0) is 23.3. The SMILES string of the molecule is COC(=O)c1cc(OC)c(OC)cc1NC(=O)c1csc(-c2ccc(OC)c(OC)c2)n1. The maximum Gasteiger partial charge on any atom is 0.340 e. The van der Waals surface area contributed by atoms with Crippen LogP contribution < -0.4 is 24.3 Å². The van der Waals surface area contributed by atoms with Gasteiger partial charge in [0.15, 0.2) is 23.0 Å².